The van der Waals surface area contributed by atoms with E-state index in [0.29, 0.717) is 11.5 Å². The molecule has 5 nitrogen and oxygen atoms in total. The van der Waals surface area contributed by atoms with Crippen LogP contribution in [0.5, 0.6) is 0 Å². The van der Waals surface area contributed by atoms with Crippen LogP contribution < -0.4 is 10.3 Å². The Bertz CT molecular complexity index is 882. The molecule has 5 heteroatoms. The van der Waals surface area contributed by atoms with Gasteiger partial charge in [0.2, 0.25) is 0 Å². The molecular formula is C24H32N4O. The number of anilines is 1. The molecule has 29 heavy (non-hydrogen) atoms. The average Bonchev–Trinajstić information content (AvgIpc) is 2.71. The largest absolute Gasteiger partial charge is 0.347 e. The molecule has 0 bridgehead atoms. The minimum absolute atomic E-state index is 0.115. The molecule has 0 aliphatic carbocycles. The third-order valence-electron chi connectivity index (χ3n) is 5.07. The number of hydrogen-bond acceptors (Lipinski definition) is 3. The lowest BCUT2D eigenvalue weighted by Gasteiger charge is -2.25. The van der Waals surface area contributed by atoms with Crippen LogP contribution in [-0.2, 0) is 0 Å². The fourth-order valence-electron chi connectivity index (χ4n) is 2.86. The highest BCUT2D eigenvalue weighted by Crippen LogP contribution is 2.29. The Morgan fingerprint density at radius 3 is 2.34 bits per heavy atom. The van der Waals surface area contributed by atoms with Crippen LogP contribution >= 0.6 is 0 Å². The van der Waals surface area contributed by atoms with Gasteiger partial charge < -0.3 is 5.32 Å². The number of carbonyl (C=O) groups excluding carboxylic acids is 1. The van der Waals surface area contributed by atoms with Gasteiger partial charge in [-0.3, -0.25) is 9.79 Å². The maximum absolute atomic E-state index is 13.0. The van der Waals surface area contributed by atoms with Crippen molar-refractivity contribution in [2.24, 2.45) is 10.1 Å². The highest BCUT2D eigenvalue weighted by atomic mass is 16.1. The standard InChI is InChI=1S/C24H32N4O/c1-8-24(4,5)27-23(29)21-13-20(14-22(15-21)28(26-7)16-25-6)19-11-9-18(10-12-19)17(2)3/h9-17H,7-8H2,1-6H3,(H,27,29). The van der Waals surface area contributed by atoms with E-state index in [-0.39, 0.29) is 11.4 Å². The van der Waals surface area contributed by atoms with Gasteiger partial charge in [-0.05, 0) is 61.1 Å². The van der Waals surface area contributed by atoms with Crippen molar-refractivity contribution in [2.45, 2.75) is 52.5 Å². The van der Waals surface area contributed by atoms with E-state index >= 15 is 0 Å². The molecule has 0 heterocycles. The number of amides is 1. The van der Waals surface area contributed by atoms with Gasteiger partial charge in [0.05, 0.1) is 5.69 Å². The number of hydrogen-bond donors (Lipinski definition) is 1. The molecule has 1 N–H and O–H groups in total. The van der Waals surface area contributed by atoms with E-state index in [1.807, 2.05) is 32.0 Å². The number of hydrazone groups is 1. The fraction of sp³-hybridized carbons (Fsp3) is 0.375. The number of aliphatic imine (C=N–C) groups is 1. The second-order valence-corrected chi connectivity index (χ2v) is 8.10. The van der Waals surface area contributed by atoms with Crippen molar-refractivity contribution in [3.05, 3.63) is 53.6 Å². The van der Waals surface area contributed by atoms with E-state index in [4.69, 9.17) is 0 Å². The first-order chi connectivity index (χ1) is 13.7. The van der Waals surface area contributed by atoms with E-state index in [9.17, 15) is 4.79 Å². The molecule has 154 valence electrons. The lowest BCUT2D eigenvalue weighted by atomic mass is 9.96. The minimum Gasteiger partial charge on any atom is -0.347 e. The molecule has 0 saturated heterocycles. The molecule has 1 amide bonds. The molecule has 0 unspecified atom stereocenters. The molecule has 0 aliphatic heterocycles. The van der Waals surface area contributed by atoms with E-state index < -0.39 is 0 Å². The van der Waals surface area contributed by atoms with Gasteiger partial charge in [0, 0.05) is 24.9 Å². The third-order valence-corrected chi connectivity index (χ3v) is 5.07. The summed E-state index contributed by atoms with van der Waals surface area (Å²) >= 11 is 0. The first kappa shape index (κ1) is 22.3. The molecule has 0 spiro atoms. The van der Waals surface area contributed by atoms with Crippen molar-refractivity contribution in [1.29, 1.82) is 0 Å². The van der Waals surface area contributed by atoms with Gasteiger partial charge in [-0.25, -0.2) is 5.01 Å². The van der Waals surface area contributed by atoms with Gasteiger partial charge in [-0.15, -0.1) is 0 Å². The number of nitrogens with one attached hydrogen (secondary N) is 1. The van der Waals surface area contributed by atoms with Gasteiger partial charge in [0.25, 0.3) is 5.91 Å². The van der Waals surface area contributed by atoms with E-state index in [1.165, 1.54) is 5.56 Å². The predicted octanol–water partition coefficient (Wildman–Crippen LogP) is 5.48. The summed E-state index contributed by atoms with van der Waals surface area (Å²) in [5.41, 5.74) is 4.28. The molecular weight excluding hydrogens is 360 g/mol. The Hall–Kier alpha value is -2.95. The summed E-state index contributed by atoms with van der Waals surface area (Å²) in [7, 11) is 1.67. The summed E-state index contributed by atoms with van der Waals surface area (Å²) < 4.78 is 0. The summed E-state index contributed by atoms with van der Waals surface area (Å²) in [6.45, 7) is 14.1. The summed E-state index contributed by atoms with van der Waals surface area (Å²) in [5.74, 6) is 0.352. The van der Waals surface area contributed by atoms with Crippen molar-refractivity contribution >= 4 is 24.7 Å². The van der Waals surface area contributed by atoms with E-state index in [0.717, 1.165) is 23.2 Å². The minimum atomic E-state index is -0.284. The van der Waals surface area contributed by atoms with Crippen molar-refractivity contribution in [1.82, 2.24) is 5.32 Å². The van der Waals surface area contributed by atoms with Crippen LogP contribution in [-0.4, -0.2) is 31.5 Å². The van der Waals surface area contributed by atoms with Crippen LogP contribution in [0.4, 0.5) is 5.69 Å². The molecule has 0 aliphatic rings. The molecule has 0 radical (unpaired) electrons. The highest BCUT2D eigenvalue weighted by Gasteiger charge is 2.20. The van der Waals surface area contributed by atoms with Gasteiger partial charge in [0.15, 0.2) is 0 Å². The highest BCUT2D eigenvalue weighted by molar-refractivity contribution is 5.98. The summed E-state index contributed by atoms with van der Waals surface area (Å²) in [6.07, 6.45) is 2.41. The molecule has 2 rings (SSSR count). The molecule has 0 atom stereocenters. The number of benzene rings is 2. The lowest BCUT2D eigenvalue weighted by Crippen LogP contribution is -2.42. The van der Waals surface area contributed by atoms with Crippen LogP contribution in [0.3, 0.4) is 0 Å². The van der Waals surface area contributed by atoms with Gasteiger partial charge in [-0.2, -0.15) is 5.10 Å². The van der Waals surface area contributed by atoms with Crippen molar-refractivity contribution in [3.63, 3.8) is 0 Å². The maximum Gasteiger partial charge on any atom is 0.251 e. The second-order valence-electron chi connectivity index (χ2n) is 8.10. The fourth-order valence-corrected chi connectivity index (χ4v) is 2.86. The molecule has 2 aromatic carbocycles. The third kappa shape index (κ3) is 5.76. The van der Waals surface area contributed by atoms with Crippen molar-refractivity contribution in [2.75, 3.05) is 12.1 Å². The van der Waals surface area contributed by atoms with E-state index in [1.54, 1.807) is 18.4 Å². The van der Waals surface area contributed by atoms with Crippen molar-refractivity contribution in [3.8, 4) is 11.1 Å². The topological polar surface area (TPSA) is 57.1 Å². The average molecular weight is 393 g/mol. The Kier molecular flexibility index (Phi) is 7.32. The predicted molar refractivity (Wildman–Crippen MR) is 124 cm³/mol. The molecule has 0 saturated carbocycles. The molecule has 2 aromatic rings. The van der Waals surface area contributed by atoms with Crippen LogP contribution in [0.15, 0.2) is 52.6 Å². The van der Waals surface area contributed by atoms with Crippen LogP contribution in [0, 0.1) is 0 Å². The zero-order valence-electron chi connectivity index (χ0n) is 18.4. The van der Waals surface area contributed by atoms with Gasteiger partial charge >= 0.3 is 0 Å². The Balaban J connectivity index is 2.54. The SMILES string of the molecule is C=NN(C=NC)c1cc(C(=O)NC(C)(C)CC)cc(-c2ccc(C(C)C)cc2)c1. The Labute approximate surface area is 174 Å². The maximum atomic E-state index is 13.0. The van der Waals surface area contributed by atoms with Crippen LogP contribution in [0.1, 0.15) is 62.9 Å². The monoisotopic (exact) mass is 392 g/mol. The molecule has 0 aromatic heterocycles. The Morgan fingerprint density at radius 2 is 1.83 bits per heavy atom. The summed E-state index contributed by atoms with van der Waals surface area (Å²) in [4.78, 5) is 17.0. The smallest absolute Gasteiger partial charge is 0.251 e. The number of nitrogens with zero attached hydrogens (tertiary/aromatic N) is 3. The zero-order chi connectivity index (χ0) is 21.6. The first-order valence-corrected chi connectivity index (χ1v) is 9.97. The number of rotatable bonds is 8. The second kappa shape index (κ2) is 9.50. The molecule has 0 fully saturated rings. The Morgan fingerprint density at radius 1 is 1.17 bits per heavy atom. The first-order valence-electron chi connectivity index (χ1n) is 9.97. The van der Waals surface area contributed by atoms with Crippen LogP contribution in [0.25, 0.3) is 11.1 Å². The lowest BCUT2D eigenvalue weighted by molar-refractivity contribution is 0.0911. The van der Waals surface area contributed by atoms with Gasteiger partial charge in [0.1, 0.15) is 6.34 Å². The van der Waals surface area contributed by atoms with Gasteiger partial charge in [-0.1, -0.05) is 45.0 Å². The zero-order valence-corrected chi connectivity index (χ0v) is 18.4. The normalized spacial score (nSPS) is 11.7. The van der Waals surface area contributed by atoms with E-state index in [2.05, 4.69) is 67.2 Å². The quantitative estimate of drug-likeness (QED) is 0.368. The number of carbonyl (C=O) groups is 1. The van der Waals surface area contributed by atoms with Crippen LogP contribution in [0.2, 0.25) is 0 Å². The summed E-state index contributed by atoms with van der Waals surface area (Å²) in [6, 6.07) is 14.1. The summed E-state index contributed by atoms with van der Waals surface area (Å²) in [5, 5.41) is 8.68. The van der Waals surface area contributed by atoms with Crippen molar-refractivity contribution < 1.29 is 4.79 Å².